The summed E-state index contributed by atoms with van der Waals surface area (Å²) in [7, 11) is 0. The van der Waals surface area contributed by atoms with E-state index in [0.29, 0.717) is 5.56 Å². The van der Waals surface area contributed by atoms with Crippen LogP contribution in [0.5, 0.6) is 0 Å². The van der Waals surface area contributed by atoms with Gasteiger partial charge in [-0.15, -0.1) is 0 Å². The summed E-state index contributed by atoms with van der Waals surface area (Å²) in [5.74, 6) is 0.0654. The Bertz CT molecular complexity index is 450. The van der Waals surface area contributed by atoms with Gasteiger partial charge in [-0.1, -0.05) is 12.1 Å². The van der Waals surface area contributed by atoms with Crippen LogP contribution in [0.2, 0.25) is 0 Å². The number of benzene rings is 1. The fourth-order valence-corrected chi connectivity index (χ4v) is 1.48. The molecule has 16 heavy (non-hydrogen) atoms. The summed E-state index contributed by atoms with van der Waals surface area (Å²) in [6, 6.07) is 9.21. The Labute approximate surface area is 94.6 Å². The van der Waals surface area contributed by atoms with Crippen molar-refractivity contribution in [3.8, 4) is 6.07 Å². The van der Waals surface area contributed by atoms with Gasteiger partial charge >= 0.3 is 0 Å². The zero-order chi connectivity index (χ0) is 11.4. The quantitative estimate of drug-likeness (QED) is 0.702. The van der Waals surface area contributed by atoms with E-state index in [0.717, 1.165) is 25.1 Å². The van der Waals surface area contributed by atoms with Crippen LogP contribution in [0.15, 0.2) is 30.3 Å². The number of rotatable bonds is 2. The highest BCUT2D eigenvalue weighted by molar-refractivity contribution is 5.92. The Morgan fingerprint density at radius 1 is 1.31 bits per heavy atom. The molecule has 0 aliphatic carbocycles. The second kappa shape index (κ2) is 4.63. The fourth-order valence-electron chi connectivity index (χ4n) is 1.48. The van der Waals surface area contributed by atoms with Gasteiger partial charge in [0, 0.05) is 19.2 Å². The van der Waals surface area contributed by atoms with Crippen molar-refractivity contribution in [3.63, 3.8) is 0 Å². The molecule has 1 heterocycles. The molecule has 0 saturated carbocycles. The number of amides is 1. The maximum atomic E-state index is 11.5. The number of likely N-dealkylation sites (tertiary alicyclic amines) is 1. The van der Waals surface area contributed by atoms with E-state index >= 15 is 0 Å². The fraction of sp³-hybridized carbons (Fsp3) is 0.231. The average Bonchev–Trinajstić information content (AvgIpc) is 2.25. The van der Waals surface area contributed by atoms with Gasteiger partial charge in [0.25, 0.3) is 0 Å². The molecule has 1 amide bonds. The van der Waals surface area contributed by atoms with E-state index in [9.17, 15) is 4.79 Å². The van der Waals surface area contributed by atoms with Gasteiger partial charge in [-0.2, -0.15) is 5.26 Å². The molecule has 0 N–H and O–H groups in total. The Kier molecular flexibility index (Phi) is 3.02. The van der Waals surface area contributed by atoms with Crippen LogP contribution in [0.3, 0.4) is 0 Å². The topological polar surface area (TPSA) is 44.1 Å². The maximum Gasteiger partial charge on any atom is 0.246 e. The maximum absolute atomic E-state index is 11.5. The van der Waals surface area contributed by atoms with Crippen LogP contribution < -0.4 is 0 Å². The SMILES string of the molecule is N#Cc1ccc(C=CC(=O)N2CCC2)cc1. The molecule has 3 heteroatoms. The first-order valence-electron chi connectivity index (χ1n) is 5.27. The predicted molar refractivity (Wildman–Crippen MR) is 61.4 cm³/mol. The zero-order valence-electron chi connectivity index (χ0n) is 8.89. The number of hydrogen-bond donors (Lipinski definition) is 0. The third kappa shape index (κ3) is 2.29. The summed E-state index contributed by atoms with van der Waals surface area (Å²) in [6.45, 7) is 1.74. The highest BCUT2D eigenvalue weighted by Crippen LogP contribution is 2.09. The molecule has 0 spiro atoms. The Hall–Kier alpha value is -2.08. The van der Waals surface area contributed by atoms with Gasteiger partial charge in [-0.3, -0.25) is 4.79 Å². The van der Waals surface area contributed by atoms with E-state index in [-0.39, 0.29) is 5.91 Å². The lowest BCUT2D eigenvalue weighted by Crippen LogP contribution is -2.40. The van der Waals surface area contributed by atoms with Crippen molar-refractivity contribution in [2.45, 2.75) is 6.42 Å². The summed E-state index contributed by atoms with van der Waals surface area (Å²) in [4.78, 5) is 13.3. The molecule has 2 rings (SSSR count). The van der Waals surface area contributed by atoms with Crippen molar-refractivity contribution < 1.29 is 4.79 Å². The zero-order valence-corrected chi connectivity index (χ0v) is 8.89. The molecule has 0 bridgehead atoms. The lowest BCUT2D eigenvalue weighted by Gasteiger charge is -2.29. The van der Waals surface area contributed by atoms with Crippen molar-refractivity contribution in [1.82, 2.24) is 4.90 Å². The van der Waals surface area contributed by atoms with Crippen molar-refractivity contribution in [2.75, 3.05) is 13.1 Å². The molecular formula is C13H12N2O. The molecule has 1 saturated heterocycles. The van der Waals surface area contributed by atoms with Crippen LogP contribution in [-0.4, -0.2) is 23.9 Å². The molecule has 0 unspecified atom stereocenters. The predicted octanol–water partition coefficient (Wildman–Crippen LogP) is 1.80. The number of nitriles is 1. The van der Waals surface area contributed by atoms with Crippen LogP contribution in [0.1, 0.15) is 17.5 Å². The van der Waals surface area contributed by atoms with Crippen LogP contribution in [-0.2, 0) is 4.79 Å². The van der Waals surface area contributed by atoms with Crippen LogP contribution >= 0.6 is 0 Å². The monoisotopic (exact) mass is 212 g/mol. The van der Waals surface area contributed by atoms with Crippen LogP contribution in [0.25, 0.3) is 6.08 Å². The van der Waals surface area contributed by atoms with Gasteiger partial charge in [-0.05, 0) is 30.2 Å². The molecule has 1 aliphatic heterocycles. The van der Waals surface area contributed by atoms with Gasteiger partial charge in [0.1, 0.15) is 0 Å². The molecule has 0 aromatic heterocycles. The van der Waals surface area contributed by atoms with Crippen LogP contribution in [0.4, 0.5) is 0 Å². The largest absolute Gasteiger partial charge is 0.339 e. The molecular weight excluding hydrogens is 200 g/mol. The van der Waals surface area contributed by atoms with Crippen molar-refractivity contribution >= 4 is 12.0 Å². The summed E-state index contributed by atoms with van der Waals surface area (Å²) < 4.78 is 0. The summed E-state index contributed by atoms with van der Waals surface area (Å²) in [5.41, 5.74) is 1.57. The first-order valence-corrected chi connectivity index (χ1v) is 5.27. The summed E-state index contributed by atoms with van der Waals surface area (Å²) >= 11 is 0. The lowest BCUT2D eigenvalue weighted by atomic mass is 10.1. The minimum Gasteiger partial charge on any atom is -0.339 e. The van der Waals surface area contributed by atoms with E-state index < -0.39 is 0 Å². The number of hydrogen-bond acceptors (Lipinski definition) is 2. The first-order chi connectivity index (χ1) is 7.79. The van der Waals surface area contributed by atoms with E-state index in [1.54, 1.807) is 29.2 Å². The van der Waals surface area contributed by atoms with E-state index in [1.165, 1.54) is 0 Å². The molecule has 1 aromatic rings. The van der Waals surface area contributed by atoms with Gasteiger partial charge in [0.15, 0.2) is 0 Å². The minimum absolute atomic E-state index is 0.0654. The van der Waals surface area contributed by atoms with Gasteiger partial charge in [0.05, 0.1) is 11.6 Å². The highest BCUT2D eigenvalue weighted by atomic mass is 16.2. The Morgan fingerprint density at radius 3 is 2.50 bits per heavy atom. The van der Waals surface area contributed by atoms with Crippen molar-refractivity contribution in [1.29, 1.82) is 5.26 Å². The molecule has 3 nitrogen and oxygen atoms in total. The summed E-state index contributed by atoms with van der Waals surface area (Å²) in [5, 5.41) is 8.63. The average molecular weight is 212 g/mol. The highest BCUT2D eigenvalue weighted by Gasteiger charge is 2.17. The Morgan fingerprint density at radius 2 is 2.00 bits per heavy atom. The smallest absolute Gasteiger partial charge is 0.246 e. The lowest BCUT2D eigenvalue weighted by molar-refractivity contribution is -0.129. The molecule has 0 atom stereocenters. The van der Waals surface area contributed by atoms with E-state index in [4.69, 9.17) is 5.26 Å². The molecule has 80 valence electrons. The van der Waals surface area contributed by atoms with Gasteiger partial charge in [0.2, 0.25) is 5.91 Å². The van der Waals surface area contributed by atoms with Crippen molar-refractivity contribution in [3.05, 3.63) is 41.5 Å². The van der Waals surface area contributed by atoms with E-state index in [2.05, 4.69) is 6.07 Å². The van der Waals surface area contributed by atoms with Gasteiger partial charge in [-0.25, -0.2) is 0 Å². The first kappa shape index (κ1) is 10.4. The summed E-state index contributed by atoms with van der Waals surface area (Å²) in [6.07, 6.45) is 4.47. The van der Waals surface area contributed by atoms with Crippen LogP contribution in [0, 0.1) is 11.3 Å². The van der Waals surface area contributed by atoms with E-state index in [1.807, 2.05) is 12.1 Å². The molecule has 1 aliphatic rings. The number of nitrogens with zero attached hydrogens (tertiary/aromatic N) is 2. The Balaban J connectivity index is 2.00. The second-order valence-electron chi connectivity index (χ2n) is 3.75. The third-order valence-electron chi connectivity index (χ3n) is 2.63. The molecule has 1 aromatic carbocycles. The number of carbonyl (C=O) groups excluding carboxylic acids is 1. The molecule has 0 radical (unpaired) electrons. The normalized spacial score (nSPS) is 14.6. The van der Waals surface area contributed by atoms with Gasteiger partial charge < -0.3 is 4.90 Å². The molecule has 1 fully saturated rings. The standard InChI is InChI=1S/C13H12N2O/c14-10-12-4-2-11(3-5-12)6-7-13(16)15-8-1-9-15/h2-7H,1,8-9H2. The number of carbonyl (C=O) groups is 1. The third-order valence-corrected chi connectivity index (χ3v) is 2.63. The van der Waals surface area contributed by atoms with Crippen molar-refractivity contribution in [2.24, 2.45) is 0 Å². The second-order valence-corrected chi connectivity index (χ2v) is 3.75. The minimum atomic E-state index is 0.0654.